The average Bonchev–Trinajstić information content (AvgIpc) is 3.08. The molecule has 0 atom stereocenters. The molecule has 0 spiro atoms. The second-order valence-electron chi connectivity index (χ2n) is 6.31. The second kappa shape index (κ2) is 6.05. The molecule has 3 aromatic rings. The third-order valence-electron chi connectivity index (χ3n) is 4.38. The zero-order valence-corrected chi connectivity index (χ0v) is 14.2. The van der Waals surface area contributed by atoms with Crippen LogP contribution in [-0.4, -0.2) is 41.5 Å². The zero-order valence-electron chi connectivity index (χ0n) is 14.2. The van der Waals surface area contributed by atoms with Crippen molar-refractivity contribution in [2.24, 2.45) is 0 Å². The summed E-state index contributed by atoms with van der Waals surface area (Å²) in [6.45, 7) is 0.678. The van der Waals surface area contributed by atoms with Crippen molar-refractivity contribution in [3.8, 4) is 22.5 Å². The van der Waals surface area contributed by atoms with Gasteiger partial charge in [0.15, 0.2) is 0 Å². The molecule has 6 heteroatoms. The van der Waals surface area contributed by atoms with Crippen molar-refractivity contribution in [1.29, 1.82) is 0 Å². The summed E-state index contributed by atoms with van der Waals surface area (Å²) in [5, 5.41) is 2.87. The number of pyridine rings is 2. The minimum absolute atomic E-state index is 0.0125. The van der Waals surface area contributed by atoms with Crippen LogP contribution in [0.4, 0.5) is 5.82 Å². The van der Waals surface area contributed by atoms with Crippen molar-refractivity contribution in [3.63, 3.8) is 0 Å². The normalized spacial score (nSPS) is 13.3. The number of hydrogen-bond donors (Lipinski definition) is 2. The highest BCUT2D eigenvalue weighted by Gasteiger charge is 2.20. The molecule has 0 aromatic carbocycles. The predicted molar refractivity (Wildman–Crippen MR) is 97.6 cm³/mol. The summed E-state index contributed by atoms with van der Waals surface area (Å²) in [5.41, 5.74) is 5.48. The lowest BCUT2D eigenvalue weighted by Crippen LogP contribution is -2.31. The van der Waals surface area contributed by atoms with E-state index in [2.05, 4.69) is 20.3 Å². The van der Waals surface area contributed by atoms with Crippen LogP contribution in [-0.2, 0) is 6.42 Å². The van der Waals surface area contributed by atoms with Gasteiger partial charge >= 0.3 is 0 Å². The molecule has 25 heavy (non-hydrogen) atoms. The number of carbonyl (C=O) groups excluding carboxylic acids is 1. The predicted octanol–water partition coefficient (Wildman–Crippen LogP) is 2.49. The zero-order chi connectivity index (χ0) is 17.4. The molecular formula is C19H19N5O. The Hall–Kier alpha value is -3.15. The maximum Gasteiger partial charge on any atom is 0.253 e. The molecular weight excluding hydrogens is 314 g/mol. The quantitative estimate of drug-likeness (QED) is 0.772. The first kappa shape index (κ1) is 15.4. The molecule has 126 valence electrons. The Kier molecular flexibility index (Phi) is 3.72. The van der Waals surface area contributed by atoms with Crippen LogP contribution in [0.15, 0.2) is 42.7 Å². The van der Waals surface area contributed by atoms with Gasteiger partial charge in [0.05, 0.1) is 11.3 Å². The molecule has 0 saturated heterocycles. The topological polar surface area (TPSA) is 73.9 Å². The number of hydrogen-bond acceptors (Lipinski definition) is 4. The molecule has 0 aliphatic carbocycles. The van der Waals surface area contributed by atoms with Crippen LogP contribution in [0.25, 0.3) is 22.5 Å². The number of nitrogens with zero attached hydrogens (tertiary/aromatic N) is 3. The Morgan fingerprint density at radius 2 is 1.96 bits per heavy atom. The molecule has 2 N–H and O–H groups in total. The number of aromatic nitrogens is 3. The van der Waals surface area contributed by atoms with E-state index in [1.54, 1.807) is 6.20 Å². The van der Waals surface area contributed by atoms with E-state index in [0.717, 1.165) is 46.0 Å². The highest BCUT2D eigenvalue weighted by Crippen LogP contribution is 2.27. The highest BCUT2D eigenvalue weighted by atomic mass is 16.1. The van der Waals surface area contributed by atoms with Crippen LogP contribution < -0.4 is 10.2 Å². The van der Waals surface area contributed by atoms with Crippen molar-refractivity contribution >= 4 is 11.7 Å². The second-order valence-corrected chi connectivity index (χ2v) is 6.31. The molecule has 0 fully saturated rings. The van der Waals surface area contributed by atoms with Crippen LogP contribution in [0, 0.1) is 0 Å². The number of aromatic amines is 1. The summed E-state index contributed by atoms with van der Waals surface area (Å²) in [5.74, 6) is 0.893. The van der Waals surface area contributed by atoms with Gasteiger partial charge in [0.25, 0.3) is 5.91 Å². The minimum atomic E-state index is -0.0125. The lowest BCUT2D eigenvalue weighted by Gasteiger charge is -2.11. The van der Waals surface area contributed by atoms with Gasteiger partial charge in [0, 0.05) is 62.0 Å². The molecule has 1 aliphatic rings. The monoisotopic (exact) mass is 333 g/mol. The summed E-state index contributed by atoms with van der Waals surface area (Å²) in [4.78, 5) is 26.2. The van der Waals surface area contributed by atoms with E-state index in [9.17, 15) is 4.79 Å². The van der Waals surface area contributed by atoms with E-state index in [1.165, 1.54) is 0 Å². The van der Waals surface area contributed by atoms with Crippen LogP contribution in [0.1, 0.15) is 16.1 Å². The third kappa shape index (κ3) is 2.87. The molecule has 0 saturated carbocycles. The van der Waals surface area contributed by atoms with E-state index >= 15 is 0 Å². The number of fused-ring (bicyclic) bond motifs is 1. The number of amides is 1. The van der Waals surface area contributed by atoms with E-state index in [4.69, 9.17) is 0 Å². The molecule has 0 radical (unpaired) electrons. The lowest BCUT2D eigenvalue weighted by atomic mass is 10.1. The Labute approximate surface area is 145 Å². The number of H-pyrrole nitrogens is 1. The summed E-state index contributed by atoms with van der Waals surface area (Å²) in [7, 11) is 3.92. The maximum absolute atomic E-state index is 11.9. The van der Waals surface area contributed by atoms with Crippen molar-refractivity contribution < 1.29 is 4.79 Å². The Morgan fingerprint density at radius 3 is 2.68 bits per heavy atom. The van der Waals surface area contributed by atoms with Gasteiger partial charge in [-0.3, -0.25) is 9.78 Å². The Bertz CT molecular complexity index is 927. The van der Waals surface area contributed by atoms with Crippen molar-refractivity contribution in [3.05, 3.63) is 54.0 Å². The van der Waals surface area contributed by atoms with Gasteiger partial charge in [0.1, 0.15) is 5.82 Å². The van der Waals surface area contributed by atoms with Crippen LogP contribution in [0.2, 0.25) is 0 Å². The Balaban J connectivity index is 1.69. The largest absolute Gasteiger partial charge is 0.363 e. The van der Waals surface area contributed by atoms with Crippen LogP contribution in [0.5, 0.6) is 0 Å². The number of nitrogens with one attached hydrogen (secondary N) is 2. The molecule has 3 aromatic heterocycles. The molecule has 4 heterocycles. The summed E-state index contributed by atoms with van der Waals surface area (Å²) < 4.78 is 0. The van der Waals surface area contributed by atoms with Crippen molar-refractivity contribution in [1.82, 2.24) is 20.3 Å². The van der Waals surface area contributed by atoms with E-state index in [-0.39, 0.29) is 5.91 Å². The number of carbonyl (C=O) groups is 1. The standard InChI is InChI=1S/C19H19N5O/c1-24(2)18-4-3-13(11-22-18)16-9-12(5-7-20-16)17-10-14-15(23-17)6-8-21-19(14)25/h3-5,7,9-11,23H,6,8H2,1-2H3,(H,21,25). The van der Waals surface area contributed by atoms with Gasteiger partial charge in [-0.1, -0.05) is 0 Å². The van der Waals surface area contributed by atoms with E-state index < -0.39 is 0 Å². The molecule has 6 nitrogen and oxygen atoms in total. The number of rotatable bonds is 3. The molecule has 0 bridgehead atoms. The first-order chi connectivity index (χ1) is 12.1. The van der Waals surface area contributed by atoms with Gasteiger partial charge in [-0.05, 0) is 30.3 Å². The molecule has 1 amide bonds. The lowest BCUT2D eigenvalue weighted by molar-refractivity contribution is 0.0946. The van der Waals surface area contributed by atoms with Crippen LogP contribution >= 0.6 is 0 Å². The van der Waals surface area contributed by atoms with Gasteiger partial charge in [-0.15, -0.1) is 0 Å². The van der Waals surface area contributed by atoms with Crippen molar-refractivity contribution in [2.45, 2.75) is 6.42 Å². The van der Waals surface area contributed by atoms with Gasteiger partial charge < -0.3 is 15.2 Å². The highest BCUT2D eigenvalue weighted by molar-refractivity contribution is 5.97. The van der Waals surface area contributed by atoms with Gasteiger partial charge in [-0.2, -0.15) is 0 Å². The maximum atomic E-state index is 11.9. The smallest absolute Gasteiger partial charge is 0.253 e. The number of anilines is 1. The Morgan fingerprint density at radius 1 is 1.08 bits per heavy atom. The van der Waals surface area contributed by atoms with Crippen molar-refractivity contribution in [2.75, 3.05) is 25.5 Å². The van der Waals surface area contributed by atoms with E-state index in [1.807, 2.05) is 55.5 Å². The van der Waals surface area contributed by atoms with Gasteiger partial charge in [-0.25, -0.2) is 4.98 Å². The SMILES string of the molecule is CN(C)c1ccc(-c2cc(-c3cc4c([nH]3)CCNC4=O)ccn2)cn1. The average molecular weight is 333 g/mol. The van der Waals surface area contributed by atoms with E-state index in [0.29, 0.717) is 6.54 Å². The fourth-order valence-corrected chi connectivity index (χ4v) is 3.01. The third-order valence-corrected chi connectivity index (χ3v) is 4.38. The molecule has 4 rings (SSSR count). The summed E-state index contributed by atoms with van der Waals surface area (Å²) >= 11 is 0. The summed E-state index contributed by atoms with van der Waals surface area (Å²) in [6.07, 6.45) is 4.44. The fourth-order valence-electron chi connectivity index (χ4n) is 3.01. The first-order valence-corrected chi connectivity index (χ1v) is 8.22. The summed E-state index contributed by atoms with van der Waals surface area (Å²) in [6, 6.07) is 9.86. The molecule has 0 unspecified atom stereocenters. The fraction of sp³-hybridized carbons (Fsp3) is 0.211. The minimum Gasteiger partial charge on any atom is -0.363 e. The molecule has 1 aliphatic heterocycles. The van der Waals surface area contributed by atoms with Crippen LogP contribution in [0.3, 0.4) is 0 Å². The van der Waals surface area contributed by atoms with Gasteiger partial charge in [0.2, 0.25) is 0 Å². The first-order valence-electron chi connectivity index (χ1n) is 8.22.